The van der Waals surface area contributed by atoms with E-state index in [0.29, 0.717) is 11.6 Å². The average Bonchev–Trinajstić information content (AvgIpc) is 2.86. The zero-order valence-corrected chi connectivity index (χ0v) is 12.8. The number of hydrogen-bond acceptors (Lipinski definition) is 3. The molecular formula is C15H19N3OS. The van der Waals surface area contributed by atoms with Crippen molar-refractivity contribution in [3.05, 3.63) is 41.7 Å². The molecule has 0 spiro atoms. The second-order valence-electron chi connectivity index (χ2n) is 5.06. The predicted octanol–water partition coefficient (Wildman–Crippen LogP) is 3.58. The smallest absolute Gasteiger partial charge is 0.276 e. The van der Waals surface area contributed by atoms with E-state index >= 15 is 0 Å². The van der Waals surface area contributed by atoms with Crippen LogP contribution in [0.4, 0.5) is 5.69 Å². The summed E-state index contributed by atoms with van der Waals surface area (Å²) in [7, 11) is 0. The number of rotatable bonds is 5. The van der Waals surface area contributed by atoms with Crippen molar-refractivity contribution in [3.63, 3.8) is 0 Å². The number of nitrogens with one attached hydrogen (secondary N) is 2. The molecule has 0 radical (unpaired) electrons. The molecule has 2 N–H and O–H groups in total. The van der Waals surface area contributed by atoms with E-state index in [2.05, 4.69) is 29.4 Å². The topological polar surface area (TPSA) is 57.8 Å². The van der Waals surface area contributed by atoms with E-state index in [1.165, 1.54) is 0 Å². The number of hydrogen-bond donors (Lipinski definition) is 2. The highest BCUT2D eigenvalue weighted by molar-refractivity contribution is 7.98. The summed E-state index contributed by atoms with van der Waals surface area (Å²) in [5, 5.41) is 9.84. The van der Waals surface area contributed by atoms with E-state index in [1.54, 1.807) is 11.8 Å². The van der Waals surface area contributed by atoms with Crippen LogP contribution in [0.3, 0.4) is 0 Å². The first-order valence-corrected chi connectivity index (χ1v) is 7.80. The molecule has 20 heavy (non-hydrogen) atoms. The van der Waals surface area contributed by atoms with E-state index in [0.717, 1.165) is 22.7 Å². The second kappa shape index (κ2) is 6.61. The molecule has 2 rings (SSSR count). The fourth-order valence-electron chi connectivity index (χ4n) is 1.92. The number of carbonyl (C=O) groups is 1. The van der Waals surface area contributed by atoms with Gasteiger partial charge < -0.3 is 5.32 Å². The van der Waals surface area contributed by atoms with Gasteiger partial charge in [0, 0.05) is 16.3 Å². The van der Waals surface area contributed by atoms with Crippen LogP contribution >= 0.6 is 11.8 Å². The molecular weight excluding hydrogens is 270 g/mol. The maximum atomic E-state index is 12.1. The number of carbonyl (C=O) groups excluding carboxylic acids is 1. The fourth-order valence-corrected chi connectivity index (χ4v) is 2.38. The third kappa shape index (κ3) is 3.87. The van der Waals surface area contributed by atoms with E-state index < -0.39 is 0 Å². The summed E-state index contributed by atoms with van der Waals surface area (Å²) >= 11 is 1.64. The van der Waals surface area contributed by atoms with Gasteiger partial charge in [-0.25, -0.2) is 0 Å². The van der Waals surface area contributed by atoms with Crippen LogP contribution in [0.1, 0.15) is 30.0 Å². The predicted molar refractivity (Wildman–Crippen MR) is 83.3 cm³/mol. The first-order chi connectivity index (χ1) is 9.58. The van der Waals surface area contributed by atoms with Crippen molar-refractivity contribution in [3.8, 4) is 0 Å². The number of nitrogens with zero attached hydrogens (tertiary/aromatic N) is 1. The lowest BCUT2D eigenvalue weighted by atomic mass is 10.1. The minimum Gasteiger partial charge on any atom is -0.321 e. The van der Waals surface area contributed by atoms with Crippen LogP contribution in [0.25, 0.3) is 0 Å². The summed E-state index contributed by atoms with van der Waals surface area (Å²) in [6, 6.07) is 9.57. The van der Waals surface area contributed by atoms with E-state index in [9.17, 15) is 4.79 Å². The lowest BCUT2D eigenvalue weighted by Gasteiger charge is -2.04. The highest BCUT2D eigenvalue weighted by atomic mass is 32.2. The highest BCUT2D eigenvalue weighted by Crippen LogP contribution is 2.19. The van der Waals surface area contributed by atoms with E-state index in [-0.39, 0.29) is 5.91 Å². The summed E-state index contributed by atoms with van der Waals surface area (Å²) in [4.78, 5) is 13.2. The quantitative estimate of drug-likeness (QED) is 0.827. The molecule has 0 saturated heterocycles. The third-order valence-electron chi connectivity index (χ3n) is 2.82. The minimum atomic E-state index is -0.186. The van der Waals surface area contributed by atoms with Gasteiger partial charge in [0.05, 0.1) is 0 Å². The van der Waals surface area contributed by atoms with Crippen molar-refractivity contribution in [1.82, 2.24) is 10.2 Å². The van der Waals surface area contributed by atoms with Crippen molar-refractivity contribution in [2.45, 2.75) is 25.2 Å². The number of anilines is 1. The van der Waals surface area contributed by atoms with Crippen LogP contribution in [-0.2, 0) is 6.42 Å². The number of thioether (sulfide) groups is 1. The molecule has 0 saturated carbocycles. The fraction of sp³-hybridized carbons (Fsp3) is 0.333. The van der Waals surface area contributed by atoms with Crippen molar-refractivity contribution < 1.29 is 4.79 Å². The van der Waals surface area contributed by atoms with Gasteiger partial charge >= 0.3 is 0 Å². The Bertz CT molecular complexity index is 592. The first kappa shape index (κ1) is 14.7. The molecule has 4 nitrogen and oxygen atoms in total. The van der Waals surface area contributed by atoms with Crippen LogP contribution in [0.5, 0.6) is 0 Å². The average molecular weight is 289 g/mol. The largest absolute Gasteiger partial charge is 0.321 e. The summed E-state index contributed by atoms with van der Waals surface area (Å²) in [5.74, 6) is 0.346. The van der Waals surface area contributed by atoms with Crippen LogP contribution in [0.15, 0.2) is 35.2 Å². The number of amides is 1. The maximum absolute atomic E-state index is 12.1. The number of benzene rings is 1. The third-order valence-corrected chi connectivity index (χ3v) is 3.54. The minimum absolute atomic E-state index is 0.186. The number of aromatic amines is 1. The van der Waals surface area contributed by atoms with Gasteiger partial charge in [-0.05, 0) is 42.9 Å². The van der Waals surface area contributed by atoms with E-state index in [1.807, 2.05) is 36.6 Å². The Kier molecular flexibility index (Phi) is 4.84. The SMILES string of the molecule is CSc1cccc(NC(=O)c2cc(CC(C)C)[nH]n2)c1. The van der Waals surface area contributed by atoms with Crippen molar-refractivity contribution in [2.24, 2.45) is 5.92 Å². The van der Waals surface area contributed by atoms with Gasteiger partial charge in [-0.1, -0.05) is 19.9 Å². The normalized spacial score (nSPS) is 10.8. The van der Waals surface area contributed by atoms with Crippen molar-refractivity contribution >= 4 is 23.4 Å². The Morgan fingerprint density at radius 3 is 2.90 bits per heavy atom. The molecule has 5 heteroatoms. The first-order valence-electron chi connectivity index (χ1n) is 6.58. The van der Waals surface area contributed by atoms with Gasteiger partial charge in [0.2, 0.25) is 0 Å². The molecule has 0 fully saturated rings. The molecule has 0 aliphatic heterocycles. The lowest BCUT2D eigenvalue weighted by Crippen LogP contribution is -2.12. The van der Waals surface area contributed by atoms with Crippen LogP contribution in [-0.4, -0.2) is 22.4 Å². The molecule has 1 amide bonds. The zero-order valence-electron chi connectivity index (χ0n) is 11.9. The van der Waals surface area contributed by atoms with Gasteiger partial charge in [-0.2, -0.15) is 5.10 Å². The molecule has 0 unspecified atom stereocenters. The molecule has 0 aliphatic carbocycles. The number of H-pyrrole nitrogens is 1. The van der Waals surface area contributed by atoms with Crippen molar-refractivity contribution in [2.75, 3.05) is 11.6 Å². The van der Waals surface area contributed by atoms with Gasteiger partial charge in [0.25, 0.3) is 5.91 Å². The Hall–Kier alpha value is -1.75. The number of aromatic nitrogens is 2. The Balaban J connectivity index is 2.05. The Morgan fingerprint density at radius 1 is 1.40 bits per heavy atom. The van der Waals surface area contributed by atoms with Crippen LogP contribution in [0, 0.1) is 5.92 Å². The van der Waals surface area contributed by atoms with E-state index in [4.69, 9.17) is 0 Å². The molecule has 1 aromatic carbocycles. The summed E-state index contributed by atoms with van der Waals surface area (Å²) in [6.07, 6.45) is 2.90. The maximum Gasteiger partial charge on any atom is 0.276 e. The van der Waals surface area contributed by atoms with Gasteiger partial charge in [0.15, 0.2) is 5.69 Å². The van der Waals surface area contributed by atoms with Gasteiger partial charge in [-0.15, -0.1) is 11.8 Å². The standard InChI is InChI=1S/C15H19N3OS/c1-10(2)7-12-9-14(18-17-12)15(19)16-11-5-4-6-13(8-11)20-3/h4-6,8-10H,7H2,1-3H3,(H,16,19)(H,17,18). The molecule has 0 atom stereocenters. The monoisotopic (exact) mass is 289 g/mol. The molecule has 106 valence electrons. The molecule has 2 aromatic rings. The van der Waals surface area contributed by atoms with Crippen LogP contribution < -0.4 is 5.32 Å². The molecule has 1 heterocycles. The van der Waals surface area contributed by atoms with Gasteiger partial charge in [0.1, 0.15) is 0 Å². The Morgan fingerprint density at radius 2 is 2.20 bits per heavy atom. The summed E-state index contributed by atoms with van der Waals surface area (Å²) in [6.45, 7) is 4.27. The van der Waals surface area contributed by atoms with Gasteiger partial charge in [-0.3, -0.25) is 9.89 Å². The zero-order chi connectivity index (χ0) is 14.5. The van der Waals surface area contributed by atoms with Crippen molar-refractivity contribution in [1.29, 1.82) is 0 Å². The summed E-state index contributed by atoms with van der Waals surface area (Å²) in [5.41, 5.74) is 2.20. The lowest BCUT2D eigenvalue weighted by molar-refractivity contribution is 0.102. The molecule has 0 aliphatic rings. The summed E-state index contributed by atoms with van der Waals surface area (Å²) < 4.78 is 0. The van der Waals surface area contributed by atoms with Crippen LogP contribution in [0.2, 0.25) is 0 Å². The molecule has 0 bridgehead atoms. The second-order valence-corrected chi connectivity index (χ2v) is 5.94. The molecule has 1 aromatic heterocycles. The Labute approximate surface area is 123 Å². The highest BCUT2D eigenvalue weighted by Gasteiger charge is 2.11.